The number of anilines is 1. The summed E-state index contributed by atoms with van der Waals surface area (Å²) in [5.41, 5.74) is 1.60. The third-order valence-corrected chi connectivity index (χ3v) is 2.46. The van der Waals surface area contributed by atoms with Crippen molar-refractivity contribution in [2.75, 3.05) is 12.4 Å². The van der Waals surface area contributed by atoms with Crippen LogP contribution in [0.5, 0.6) is 5.75 Å². The lowest BCUT2D eigenvalue weighted by Crippen LogP contribution is -2.20. The second kappa shape index (κ2) is 5.48. The Morgan fingerprint density at radius 3 is 2.41 bits per heavy atom. The molecule has 0 spiro atoms. The number of amides is 1. The van der Waals surface area contributed by atoms with E-state index in [1.165, 1.54) is 14.0 Å². The molecule has 0 unspecified atom stereocenters. The monoisotopic (exact) mass is 235 g/mol. The van der Waals surface area contributed by atoms with Crippen LogP contribution in [-0.4, -0.2) is 18.8 Å². The Bertz CT molecular complexity index is 438. The molecular formula is C13H17NO3. The third-order valence-electron chi connectivity index (χ3n) is 2.46. The van der Waals surface area contributed by atoms with Crippen LogP contribution in [0.2, 0.25) is 0 Å². The standard InChI is InChI=1S/C13H17NO3/c1-8(2)10-5-6-12(17-4)11(7-10)14-13(16)9(3)15/h5-8H,1-4H3,(H,14,16). The number of nitrogens with one attached hydrogen (secondary N) is 1. The number of benzene rings is 1. The fraction of sp³-hybridized carbons (Fsp3) is 0.385. The van der Waals surface area contributed by atoms with Crippen LogP contribution in [0.4, 0.5) is 5.69 Å². The van der Waals surface area contributed by atoms with Gasteiger partial charge in [-0.25, -0.2) is 0 Å². The van der Waals surface area contributed by atoms with E-state index in [2.05, 4.69) is 19.2 Å². The van der Waals surface area contributed by atoms with Crippen LogP contribution < -0.4 is 10.1 Å². The van der Waals surface area contributed by atoms with Crippen molar-refractivity contribution in [3.05, 3.63) is 23.8 Å². The first-order valence-corrected chi connectivity index (χ1v) is 5.45. The lowest BCUT2D eigenvalue weighted by molar-refractivity contribution is -0.133. The molecule has 1 N–H and O–H groups in total. The van der Waals surface area contributed by atoms with Gasteiger partial charge in [-0.05, 0) is 23.6 Å². The summed E-state index contributed by atoms with van der Waals surface area (Å²) in [7, 11) is 1.52. The van der Waals surface area contributed by atoms with Crippen LogP contribution >= 0.6 is 0 Å². The van der Waals surface area contributed by atoms with Crippen molar-refractivity contribution >= 4 is 17.4 Å². The van der Waals surface area contributed by atoms with Gasteiger partial charge in [-0.2, -0.15) is 0 Å². The second-order valence-electron chi connectivity index (χ2n) is 4.12. The summed E-state index contributed by atoms with van der Waals surface area (Å²) >= 11 is 0. The minimum Gasteiger partial charge on any atom is -0.495 e. The van der Waals surface area contributed by atoms with E-state index in [0.717, 1.165) is 5.56 Å². The van der Waals surface area contributed by atoms with E-state index < -0.39 is 11.7 Å². The molecule has 0 saturated carbocycles. The average Bonchev–Trinajstić information content (AvgIpc) is 2.28. The highest BCUT2D eigenvalue weighted by Crippen LogP contribution is 2.28. The molecule has 0 aromatic heterocycles. The highest BCUT2D eigenvalue weighted by molar-refractivity contribution is 6.39. The van der Waals surface area contributed by atoms with Crippen molar-refractivity contribution < 1.29 is 14.3 Å². The minimum absolute atomic E-state index is 0.342. The fourth-order valence-corrected chi connectivity index (χ4v) is 1.39. The van der Waals surface area contributed by atoms with Gasteiger partial charge >= 0.3 is 0 Å². The lowest BCUT2D eigenvalue weighted by Gasteiger charge is -2.12. The van der Waals surface area contributed by atoms with Crippen molar-refractivity contribution in [1.29, 1.82) is 0 Å². The summed E-state index contributed by atoms with van der Waals surface area (Å²) < 4.78 is 5.13. The lowest BCUT2D eigenvalue weighted by atomic mass is 10.0. The van der Waals surface area contributed by atoms with E-state index in [9.17, 15) is 9.59 Å². The van der Waals surface area contributed by atoms with Crippen molar-refractivity contribution in [3.63, 3.8) is 0 Å². The molecule has 0 aliphatic carbocycles. The van der Waals surface area contributed by atoms with E-state index in [-0.39, 0.29) is 0 Å². The van der Waals surface area contributed by atoms with Gasteiger partial charge in [0, 0.05) is 6.92 Å². The maximum absolute atomic E-state index is 11.3. The molecule has 0 saturated heterocycles. The van der Waals surface area contributed by atoms with Crippen molar-refractivity contribution in [2.24, 2.45) is 0 Å². The average molecular weight is 235 g/mol. The molecule has 1 rings (SSSR count). The highest BCUT2D eigenvalue weighted by atomic mass is 16.5. The van der Waals surface area contributed by atoms with Gasteiger partial charge in [0.2, 0.25) is 5.78 Å². The number of hydrogen-bond donors (Lipinski definition) is 1. The van der Waals surface area contributed by atoms with E-state index in [1.807, 2.05) is 12.1 Å². The summed E-state index contributed by atoms with van der Waals surface area (Å²) in [6.07, 6.45) is 0. The maximum atomic E-state index is 11.3. The van der Waals surface area contributed by atoms with E-state index in [4.69, 9.17) is 4.74 Å². The van der Waals surface area contributed by atoms with Gasteiger partial charge in [0.25, 0.3) is 5.91 Å². The number of rotatable bonds is 4. The number of ether oxygens (including phenoxy) is 1. The molecule has 1 amide bonds. The van der Waals surface area contributed by atoms with Gasteiger partial charge in [0.05, 0.1) is 12.8 Å². The Labute approximate surface area is 101 Å². The van der Waals surface area contributed by atoms with Crippen molar-refractivity contribution in [2.45, 2.75) is 26.7 Å². The normalized spacial score (nSPS) is 10.2. The Balaban J connectivity index is 3.06. The number of ketones is 1. The number of hydrogen-bond acceptors (Lipinski definition) is 3. The number of carbonyl (C=O) groups excluding carboxylic acids is 2. The molecular weight excluding hydrogens is 218 g/mol. The molecule has 17 heavy (non-hydrogen) atoms. The zero-order valence-electron chi connectivity index (χ0n) is 10.5. The third kappa shape index (κ3) is 3.31. The summed E-state index contributed by atoms with van der Waals surface area (Å²) in [5.74, 6) is -0.274. The molecule has 92 valence electrons. The Morgan fingerprint density at radius 1 is 1.29 bits per heavy atom. The van der Waals surface area contributed by atoms with Gasteiger partial charge in [-0.15, -0.1) is 0 Å². The predicted molar refractivity (Wildman–Crippen MR) is 66.4 cm³/mol. The van der Waals surface area contributed by atoms with Gasteiger partial charge in [0.1, 0.15) is 5.75 Å². The van der Waals surface area contributed by atoms with Crippen LogP contribution in [0, 0.1) is 0 Å². The first-order valence-electron chi connectivity index (χ1n) is 5.45. The molecule has 4 heteroatoms. The fourth-order valence-electron chi connectivity index (χ4n) is 1.39. The topological polar surface area (TPSA) is 55.4 Å². The SMILES string of the molecule is COc1ccc(C(C)C)cc1NC(=O)C(C)=O. The number of methoxy groups -OCH3 is 1. The minimum atomic E-state index is -0.635. The van der Waals surface area contributed by atoms with Crippen LogP contribution in [0.25, 0.3) is 0 Å². The van der Waals surface area contributed by atoms with Crippen molar-refractivity contribution in [1.82, 2.24) is 0 Å². The summed E-state index contributed by atoms with van der Waals surface area (Å²) in [5, 5.41) is 2.54. The zero-order chi connectivity index (χ0) is 13.0. The van der Waals surface area contributed by atoms with E-state index >= 15 is 0 Å². The molecule has 0 heterocycles. The van der Waals surface area contributed by atoms with E-state index in [0.29, 0.717) is 17.4 Å². The van der Waals surface area contributed by atoms with Gasteiger partial charge in [-0.1, -0.05) is 19.9 Å². The molecule has 1 aromatic rings. The first-order chi connectivity index (χ1) is 7.95. The highest BCUT2D eigenvalue weighted by Gasteiger charge is 2.12. The predicted octanol–water partition coefficient (Wildman–Crippen LogP) is 2.35. The number of Topliss-reactive ketones (excluding diaryl/α,β-unsaturated/α-hetero) is 1. The molecule has 4 nitrogen and oxygen atoms in total. The van der Waals surface area contributed by atoms with Gasteiger partial charge in [0.15, 0.2) is 0 Å². The molecule has 0 radical (unpaired) electrons. The van der Waals surface area contributed by atoms with Crippen molar-refractivity contribution in [3.8, 4) is 5.75 Å². The quantitative estimate of drug-likeness (QED) is 0.815. The summed E-state index contributed by atoms with van der Waals surface area (Å²) in [6.45, 7) is 5.34. The zero-order valence-corrected chi connectivity index (χ0v) is 10.5. The van der Waals surface area contributed by atoms with Crippen LogP contribution in [-0.2, 0) is 9.59 Å². The summed E-state index contributed by atoms with van der Waals surface area (Å²) in [6, 6.07) is 5.54. The largest absolute Gasteiger partial charge is 0.495 e. The van der Waals surface area contributed by atoms with E-state index in [1.54, 1.807) is 6.07 Å². The van der Waals surface area contributed by atoms with Crippen LogP contribution in [0.15, 0.2) is 18.2 Å². The Morgan fingerprint density at radius 2 is 1.94 bits per heavy atom. The molecule has 1 aromatic carbocycles. The van der Waals surface area contributed by atoms with Gasteiger partial charge in [-0.3, -0.25) is 9.59 Å². The Kier molecular flexibility index (Phi) is 4.26. The van der Waals surface area contributed by atoms with Crippen LogP contribution in [0.1, 0.15) is 32.3 Å². The molecule has 0 atom stereocenters. The second-order valence-corrected chi connectivity index (χ2v) is 4.12. The molecule has 0 bridgehead atoms. The number of carbonyl (C=O) groups is 2. The van der Waals surface area contributed by atoms with Gasteiger partial charge < -0.3 is 10.1 Å². The summed E-state index contributed by atoms with van der Waals surface area (Å²) in [4.78, 5) is 22.3. The molecule has 0 aliphatic rings. The maximum Gasteiger partial charge on any atom is 0.291 e. The smallest absolute Gasteiger partial charge is 0.291 e. The molecule has 0 aliphatic heterocycles. The molecule has 0 fully saturated rings. The Hall–Kier alpha value is -1.84. The van der Waals surface area contributed by atoms with Crippen LogP contribution in [0.3, 0.4) is 0 Å². The first kappa shape index (κ1) is 13.2.